The van der Waals surface area contributed by atoms with Crippen molar-refractivity contribution in [3.05, 3.63) is 65.7 Å². The normalized spacial score (nSPS) is 15.2. The third-order valence-electron chi connectivity index (χ3n) is 4.85. The van der Waals surface area contributed by atoms with Crippen LogP contribution in [0.1, 0.15) is 15.9 Å². The van der Waals surface area contributed by atoms with Gasteiger partial charge in [-0.15, -0.1) is 0 Å². The van der Waals surface area contributed by atoms with Crippen LogP contribution in [-0.4, -0.2) is 62.5 Å². The van der Waals surface area contributed by atoms with Gasteiger partial charge in [0.15, 0.2) is 0 Å². The van der Waals surface area contributed by atoms with Crippen LogP contribution in [0.15, 0.2) is 54.6 Å². The smallest absolute Gasteiger partial charge is 0.253 e. The van der Waals surface area contributed by atoms with E-state index in [-0.39, 0.29) is 5.91 Å². The molecule has 0 radical (unpaired) electrons. The summed E-state index contributed by atoms with van der Waals surface area (Å²) in [7, 11) is 4.01. The zero-order valence-corrected chi connectivity index (χ0v) is 15.2. The van der Waals surface area contributed by atoms with E-state index in [0.717, 1.165) is 50.4 Å². The van der Waals surface area contributed by atoms with Crippen molar-refractivity contribution in [2.45, 2.75) is 6.42 Å². The molecule has 0 atom stereocenters. The maximum absolute atomic E-state index is 12.7. The summed E-state index contributed by atoms with van der Waals surface area (Å²) in [5.41, 5.74) is 3.27. The highest BCUT2D eigenvalue weighted by molar-refractivity contribution is 5.94. The van der Waals surface area contributed by atoms with Gasteiger partial charge in [-0.25, -0.2) is 0 Å². The highest BCUT2D eigenvalue weighted by Gasteiger charge is 2.21. The summed E-state index contributed by atoms with van der Waals surface area (Å²) < 4.78 is 0. The summed E-state index contributed by atoms with van der Waals surface area (Å²) in [6.45, 7) is 4.58. The molecule has 0 N–H and O–H groups in total. The van der Waals surface area contributed by atoms with Crippen LogP contribution in [0, 0.1) is 0 Å². The molecule has 0 aromatic heterocycles. The molecule has 0 spiro atoms. The van der Waals surface area contributed by atoms with Crippen LogP contribution in [0.25, 0.3) is 0 Å². The Kier molecular flexibility index (Phi) is 5.71. The molecule has 4 nitrogen and oxygen atoms in total. The van der Waals surface area contributed by atoms with Gasteiger partial charge in [-0.05, 0) is 36.2 Å². The van der Waals surface area contributed by atoms with Crippen LogP contribution in [-0.2, 0) is 6.42 Å². The summed E-state index contributed by atoms with van der Waals surface area (Å²) >= 11 is 0. The first-order valence-electron chi connectivity index (χ1n) is 8.96. The Morgan fingerprint density at radius 1 is 0.920 bits per heavy atom. The fourth-order valence-electron chi connectivity index (χ4n) is 3.19. The number of piperazine rings is 1. The zero-order valence-electron chi connectivity index (χ0n) is 15.2. The van der Waals surface area contributed by atoms with Crippen LogP contribution >= 0.6 is 0 Å². The van der Waals surface area contributed by atoms with Gasteiger partial charge in [-0.1, -0.05) is 30.3 Å². The Labute approximate surface area is 150 Å². The molecule has 1 saturated heterocycles. The third-order valence-corrected chi connectivity index (χ3v) is 4.85. The van der Waals surface area contributed by atoms with E-state index in [1.807, 2.05) is 48.2 Å². The second-order valence-electron chi connectivity index (χ2n) is 6.81. The van der Waals surface area contributed by atoms with Gasteiger partial charge in [-0.3, -0.25) is 9.69 Å². The van der Waals surface area contributed by atoms with Crippen molar-refractivity contribution in [3.63, 3.8) is 0 Å². The average Bonchev–Trinajstić information content (AvgIpc) is 2.67. The molecule has 1 aliphatic heterocycles. The van der Waals surface area contributed by atoms with Crippen molar-refractivity contribution >= 4 is 11.6 Å². The molecule has 0 aliphatic carbocycles. The number of anilines is 1. The molecule has 2 aromatic rings. The minimum atomic E-state index is 0.146. The largest absolute Gasteiger partial charge is 0.378 e. The van der Waals surface area contributed by atoms with Crippen molar-refractivity contribution < 1.29 is 4.79 Å². The van der Waals surface area contributed by atoms with E-state index in [0.29, 0.717) is 0 Å². The molecule has 25 heavy (non-hydrogen) atoms. The molecule has 0 bridgehead atoms. The number of rotatable bonds is 5. The molecule has 2 aromatic carbocycles. The Hall–Kier alpha value is -2.33. The average molecular weight is 337 g/mol. The fraction of sp³-hybridized carbons (Fsp3) is 0.381. The second kappa shape index (κ2) is 8.17. The van der Waals surface area contributed by atoms with Crippen LogP contribution < -0.4 is 4.90 Å². The van der Waals surface area contributed by atoms with E-state index in [4.69, 9.17) is 0 Å². The van der Waals surface area contributed by atoms with Gasteiger partial charge < -0.3 is 9.80 Å². The van der Waals surface area contributed by atoms with Gasteiger partial charge in [0, 0.05) is 58.1 Å². The molecule has 1 amide bonds. The highest BCUT2D eigenvalue weighted by Crippen LogP contribution is 2.15. The standard InChI is InChI=1S/C21H27N3O/c1-22(2)20-10-8-19(9-11-20)21(25)24-16-14-23(15-17-24)13-12-18-6-4-3-5-7-18/h3-11H,12-17H2,1-2H3. The first-order chi connectivity index (χ1) is 12.1. The third kappa shape index (κ3) is 4.60. The quantitative estimate of drug-likeness (QED) is 0.839. The lowest BCUT2D eigenvalue weighted by molar-refractivity contribution is 0.0638. The van der Waals surface area contributed by atoms with Gasteiger partial charge in [0.05, 0.1) is 0 Å². The summed E-state index contributed by atoms with van der Waals surface area (Å²) in [4.78, 5) is 19.1. The van der Waals surface area contributed by atoms with Crippen molar-refractivity contribution in [1.82, 2.24) is 9.80 Å². The van der Waals surface area contributed by atoms with Gasteiger partial charge in [0.1, 0.15) is 0 Å². The topological polar surface area (TPSA) is 26.8 Å². The Balaban J connectivity index is 1.49. The fourth-order valence-corrected chi connectivity index (χ4v) is 3.19. The maximum Gasteiger partial charge on any atom is 0.253 e. The lowest BCUT2D eigenvalue weighted by Crippen LogP contribution is -2.49. The Morgan fingerprint density at radius 3 is 2.16 bits per heavy atom. The molecule has 1 aliphatic rings. The van der Waals surface area contributed by atoms with E-state index in [9.17, 15) is 4.79 Å². The van der Waals surface area contributed by atoms with Crippen LogP contribution in [0.4, 0.5) is 5.69 Å². The predicted molar refractivity (Wildman–Crippen MR) is 103 cm³/mol. The van der Waals surface area contributed by atoms with E-state index < -0.39 is 0 Å². The lowest BCUT2D eigenvalue weighted by Gasteiger charge is -2.34. The molecular formula is C21H27N3O. The van der Waals surface area contributed by atoms with Crippen LogP contribution in [0.2, 0.25) is 0 Å². The number of amides is 1. The first-order valence-corrected chi connectivity index (χ1v) is 8.96. The Bertz CT molecular complexity index is 674. The van der Waals surface area contributed by atoms with Crippen LogP contribution in [0.3, 0.4) is 0 Å². The van der Waals surface area contributed by atoms with E-state index in [2.05, 4.69) is 35.2 Å². The number of hydrogen-bond acceptors (Lipinski definition) is 3. The van der Waals surface area contributed by atoms with Gasteiger partial charge >= 0.3 is 0 Å². The number of benzene rings is 2. The molecule has 1 heterocycles. The second-order valence-corrected chi connectivity index (χ2v) is 6.81. The van der Waals surface area contributed by atoms with Crippen molar-refractivity contribution in [1.29, 1.82) is 0 Å². The maximum atomic E-state index is 12.7. The van der Waals surface area contributed by atoms with Gasteiger partial charge in [0.2, 0.25) is 0 Å². The zero-order chi connectivity index (χ0) is 17.6. The van der Waals surface area contributed by atoms with Crippen molar-refractivity contribution in [2.24, 2.45) is 0 Å². The van der Waals surface area contributed by atoms with Crippen molar-refractivity contribution in [3.8, 4) is 0 Å². The highest BCUT2D eigenvalue weighted by atomic mass is 16.2. The minimum Gasteiger partial charge on any atom is -0.378 e. The summed E-state index contributed by atoms with van der Waals surface area (Å²) in [6.07, 6.45) is 1.07. The monoisotopic (exact) mass is 337 g/mol. The molecule has 132 valence electrons. The molecular weight excluding hydrogens is 310 g/mol. The molecule has 4 heteroatoms. The minimum absolute atomic E-state index is 0.146. The van der Waals surface area contributed by atoms with Gasteiger partial charge in [0.25, 0.3) is 5.91 Å². The van der Waals surface area contributed by atoms with E-state index >= 15 is 0 Å². The number of carbonyl (C=O) groups excluding carboxylic acids is 1. The summed E-state index contributed by atoms with van der Waals surface area (Å²) in [5, 5.41) is 0. The van der Waals surface area contributed by atoms with Crippen molar-refractivity contribution in [2.75, 3.05) is 51.7 Å². The molecule has 1 fully saturated rings. The first kappa shape index (κ1) is 17.5. The van der Waals surface area contributed by atoms with Gasteiger partial charge in [-0.2, -0.15) is 0 Å². The SMILES string of the molecule is CN(C)c1ccc(C(=O)N2CCN(CCc3ccccc3)CC2)cc1. The van der Waals surface area contributed by atoms with E-state index in [1.165, 1.54) is 5.56 Å². The number of hydrogen-bond donors (Lipinski definition) is 0. The molecule has 0 saturated carbocycles. The van der Waals surface area contributed by atoms with Crippen LogP contribution in [0.5, 0.6) is 0 Å². The molecule has 3 rings (SSSR count). The number of nitrogens with zero attached hydrogens (tertiary/aromatic N) is 3. The summed E-state index contributed by atoms with van der Waals surface area (Å²) in [5.74, 6) is 0.146. The Morgan fingerprint density at radius 2 is 1.56 bits per heavy atom. The lowest BCUT2D eigenvalue weighted by atomic mass is 10.1. The predicted octanol–water partition coefficient (Wildman–Crippen LogP) is 2.75. The van der Waals surface area contributed by atoms with E-state index in [1.54, 1.807) is 0 Å². The number of carbonyl (C=O) groups is 1. The molecule has 0 unspecified atom stereocenters. The summed E-state index contributed by atoms with van der Waals surface area (Å²) in [6, 6.07) is 18.5.